The normalized spacial score (nSPS) is 32.3. The molecule has 2 saturated heterocycles. The zero-order chi connectivity index (χ0) is 34.2. The van der Waals surface area contributed by atoms with Crippen LogP contribution in [0, 0.1) is 59.2 Å². The van der Waals surface area contributed by atoms with Gasteiger partial charge >= 0.3 is 7.05 Å². The number of aryl methyl sites for hydroxylation is 1. The van der Waals surface area contributed by atoms with E-state index < -0.39 is 30.7 Å². The first-order valence-electron chi connectivity index (χ1n) is 17.2. The number of carbonyl (C=O) groups excluding carboxylic acids is 4. The first-order valence-corrected chi connectivity index (χ1v) is 17.2. The molecular weight excluding hydrogens is 589 g/mol. The fourth-order valence-electron chi connectivity index (χ4n) is 8.62. The Bertz CT molecular complexity index is 1480. The van der Waals surface area contributed by atoms with Crippen molar-refractivity contribution in [2.75, 3.05) is 20.1 Å². The van der Waals surface area contributed by atoms with E-state index in [0.717, 1.165) is 24.0 Å². The number of nitrogens with zero attached hydrogens (tertiary/aromatic N) is 2. The SMILES string of the molecule is C=C[C@H]1C(=CC(C)C)[C@@H](C=C[C@H]2C(=CC(C)C)[C@@H](CCc3ccccc3)[C@@H]3C(=O)N(CCNB(C)O)C(=O)[C@@H]32)[C@@H]2C(=O)N(C)C(=O)[C@@H]21. The quantitative estimate of drug-likeness (QED) is 0.198. The van der Waals surface area contributed by atoms with Crippen molar-refractivity contribution < 1.29 is 24.2 Å². The highest BCUT2D eigenvalue weighted by molar-refractivity contribution is 6.45. The number of imide groups is 2. The number of benzene rings is 1. The lowest BCUT2D eigenvalue weighted by Gasteiger charge is -2.24. The van der Waals surface area contributed by atoms with Gasteiger partial charge in [0.25, 0.3) is 0 Å². The molecule has 2 N–H and O–H groups in total. The zero-order valence-corrected chi connectivity index (χ0v) is 28.6. The van der Waals surface area contributed by atoms with Crippen molar-refractivity contribution in [1.29, 1.82) is 0 Å². The summed E-state index contributed by atoms with van der Waals surface area (Å²) in [7, 11) is 0.811. The van der Waals surface area contributed by atoms with E-state index in [1.807, 2.05) is 18.2 Å². The maximum absolute atomic E-state index is 14.2. The van der Waals surface area contributed by atoms with E-state index in [9.17, 15) is 24.2 Å². The number of amides is 4. The molecule has 4 amide bonds. The number of hydrogen-bond donors (Lipinski definition) is 2. The molecule has 1 aromatic carbocycles. The van der Waals surface area contributed by atoms with Gasteiger partial charge in [-0.2, -0.15) is 0 Å². The van der Waals surface area contributed by atoms with E-state index >= 15 is 0 Å². The minimum absolute atomic E-state index is 0.118. The molecule has 0 unspecified atom stereocenters. The average molecular weight is 640 g/mol. The molecule has 0 radical (unpaired) electrons. The number of nitrogens with one attached hydrogen (secondary N) is 1. The molecule has 47 heavy (non-hydrogen) atoms. The summed E-state index contributed by atoms with van der Waals surface area (Å²) in [5, 5.41) is 12.6. The van der Waals surface area contributed by atoms with E-state index in [2.05, 4.69) is 75.9 Å². The van der Waals surface area contributed by atoms with Crippen LogP contribution in [-0.4, -0.2) is 65.6 Å². The summed E-state index contributed by atoms with van der Waals surface area (Å²) in [5.41, 5.74) is 3.33. The van der Waals surface area contributed by atoms with E-state index in [4.69, 9.17) is 0 Å². The van der Waals surface area contributed by atoms with E-state index in [1.165, 1.54) is 15.4 Å². The largest absolute Gasteiger partial charge is 0.437 e. The second-order valence-electron chi connectivity index (χ2n) is 14.4. The summed E-state index contributed by atoms with van der Waals surface area (Å²) in [4.78, 5) is 57.7. The van der Waals surface area contributed by atoms with Crippen molar-refractivity contribution in [2.24, 2.45) is 59.2 Å². The van der Waals surface area contributed by atoms with Crippen LogP contribution in [0.5, 0.6) is 0 Å². The Balaban J connectivity index is 1.56. The molecule has 0 aromatic heterocycles. The molecule has 4 fully saturated rings. The van der Waals surface area contributed by atoms with Crippen LogP contribution in [0.2, 0.25) is 6.82 Å². The predicted molar refractivity (Wildman–Crippen MR) is 184 cm³/mol. The first kappa shape index (κ1) is 34.8. The van der Waals surface area contributed by atoms with E-state index in [-0.39, 0.29) is 65.7 Å². The highest BCUT2D eigenvalue weighted by Crippen LogP contribution is 2.55. The summed E-state index contributed by atoms with van der Waals surface area (Å²) in [5.74, 6) is -3.32. The minimum atomic E-state index is -0.746. The van der Waals surface area contributed by atoms with E-state index in [1.54, 1.807) is 19.9 Å². The maximum Gasteiger partial charge on any atom is 0.373 e. The molecule has 8 nitrogen and oxygen atoms in total. The van der Waals surface area contributed by atoms with Gasteiger partial charge in [-0.1, -0.05) is 99.6 Å². The molecule has 9 heteroatoms. The van der Waals surface area contributed by atoms with Crippen LogP contribution in [0.25, 0.3) is 0 Å². The Morgan fingerprint density at radius 1 is 0.830 bits per heavy atom. The van der Waals surface area contributed by atoms with Crippen molar-refractivity contribution >= 4 is 30.7 Å². The number of allylic oxidation sites excluding steroid dienone is 7. The lowest BCUT2D eigenvalue weighted by atomic mass is 9.84. The van der Waals surface area contributed by atoms with Gasteiger partial charge in [0, 0.05) is 37.9 Å². The minimum Gasteiger partial charge on any atom is -0.437 e. The molecule has 250 valence electrons. The number of carbonyl (C=O) groups is 4. The van der Waals surface area contributed by atoms with Gasteiger partial charge < -0.3 is 10.3 Å². The lowest BCUT2D eigenvalue weighted by molar-refractivity contribution is -0.141. The van der Waals surface area contributed by atoms with Crippen molar-refractivity contribution in [3.8, 4) is 0 Å². The molecule has 2 heterocycles. The third-order valence-electron chi connectivity index (χ3n) is 10.5. The van der Waals surface area contributed by atoms with Crippen LogP contribution in [0.15, 0.2) is 78.4 Å². The topological polar surface area (TPSA) is 107 Å². The standard InChI is InChI=1S/C38H50BN3O5/c1-8-25-29(20-22(2)3)27(32-31(25)35(43)41(7)36(32)44)16-17-28-30(21-23(4)5)26(15-14-24-12-10-9-11-13-24)33-34(28)38(46)42(37(33)45)19-18-40-39(6)47/h8-13,16-17,20-23,25-28,31-34,40,47H,1,14-15,18-19H2,2-7H3/t25-,26+,27+,28-,31+,32-,33-,34+/m0/s1. The smallest absolute Gasteiger partial charge is 0.373 e. The van der Waals surface area contributed by atoms with Crippen molar-refractivity contribution in [3.63, 3.8) is 0 Å². The van der Waals surface area contributed by atoms with Crippen LogP contribution in [0.3, 0.4) is 0 Å². The van der Waals surface area contributed by atoms with Gasteiger partial charge in [-0.3, -0.25) is 29.0 Å². The molecule has 2 aliphatic heterocycles. The monoisotopic (exact) mass is 639 g/mol. The first-order chi connectivity index (χ1) is 22.4. The van der Waals surface area contributed by atoms with Gasteiger partial charge in [0.2, 0.25) is 23.6 Å². The Morgan fingerprint density at radius 3 is 1.94 bits per heavy atom. The predicted octanol–water partition coefficient (Wildman–Crippen LogP) is 4.55. The third-order valence-corrected chi connectivity index (χ3v) is 10.5. The van der Waals surface area contributed by atoms with Crippen LogP contribution < -0.4 is 5.23 Å². The molecule has 1 aromatic rings. The van der Waals surface area contributed by atoms with Crippen LogP contribution >= 0.6 is 0 Å². The van der Waals surface area contributed by atoms with Crippen molar-refractivity contribution in [3.05, 3.63) is 84.0 Å². The number of rotatable bonds is 12. The van der Waals surface area contributed by atoms with Crippen molar-refractivity contribution in [2.45, 2.75) is 47.4 Å². The molecule has 0 spiro atoms. The van der Waals surface area contributed by atoms with Gasteiger partial charge in [-0.05, 0) is 43.0 Å². The number of hydrogen-bond acceptors (Lipinski definition) is 6. The molecule has 2 aliphatic carbocycles. The van der Waals surface area contributed by atoms with Gasteiger partial charge in [0.1, 0.15) is 0 Å². The molecule has 8 atom stereocenters. The maximum atomic E-state index is 14.2. The number of likely N-dealkylation sites (tertiary alicyclic amines) is 2. The summed E-state index contributed by atoms with van der Waals surface area (Å²) >= 11 is 0. The van der Waals surface area contributed by atoms with Gasteiger partial charge in [0.15, 0.2) is 0 Å². The van der Waals surface area contributed by atoms with Crippen LogP contribution in [-0.2, 0) is 25.6 Å². The highest BCUT2D eigenvalue weighted by Gasteiger charge is 2.61. The summed E-state index contributed by atoms with van der Waals surface area (Å²) in [6.07, 6.45) is 11.8. The van der Waals surface area contributed by atoms with Gasteiger partial charge in [-0.15, -0.1) is 6.58 Å². The van der Waals surface area contributed by atoms with Gasteiger partial charge in [0.05, 0.1) is 23.7 Å². The Labute approximate surface area is 280 Å². The molecular formula is C38H50BN3O5. The average Bonchev–Trinajstić information content (AvgIpc) is 3.64. The molecule has 4 aliphatic rings. The molecule has 5 rings (SSSR count). The third kappa shape index (κ3) is 6.62. The summed E-state index contributed by atoms with van der Waals surface area (Å²) in [6.45, 7) is 14.6. The second kappa shape index (κ2) is 14.3. The Hall–Kier alpha value is -3.56. The highest BCUT2D eigenvalue weighted by atomic mass is 16.2. The van der Waals surface area contributed by atoms with E-state index in [0.29, 0.717) is 6.54 Å². The van der Waals surface area contributed by atoms with Gasteiger partial charge in [-0.25, -0.2) is 0 Å². The molecule has 0 bridgehead atoms. The number of fused-ring (bicyclic) bond motifs is 2. The summed E-state index contributed by atoms with van der Waals surface area (Å²) < 4.78 is 0. The van der Waals surface area contributed by atoms with Crippen LogP contribution in [0.4, 0.5) is 0 Å². The Kier molecular flexibility index (Phi) is 10.6. The lowest BCUT2D eigenvalue weighted by Crippen LogP contribution is -2.42. The molecule has 2 saturated carbocycles. The van der Waals surface area contributed by atoms with Crippen molar-refractivity contribution in [1.82, 2.24) is 15.0 Å². The zero-order valence-electron chi connectivity index (χ0n) is 28.6. The van der Waals surface area contributed by atoms with Crippen LogP contribution in [0.1, 0.15) is 39.7 Å². The summed E-state index contributed by atoms with van der Waals surface area (Å²) in [6, 6.07) is 10.2. The second-order valence-corrected chi connectivity index (χ2v) is 14.4. The fraction of sp³-hybridized carbons (Fsp3) is 0.526. The fourth-order valence-corrected chi connectivity index (χ4v) is 8.62. The Morgan fingerprint density at radius 2 is 1.36 bits per heavy atom.